The number of fused-ring (bicyclic) bond motifs is 1. The highest BCUT2D eigenvalue weighted by molar-refractivity contribution is 6.35. The molecule has 210 valence electrons. The lowest BCUT2D eigenvalue weighted by atomic mass is 9.81. The Balaban J connectivity index is 1.30. The predicted octanol–water partition coefficient (Wildman–Crippen LogP) is 9.34. The minimum atomic E-state index is -0.341. The van der Waals surface area contributed by atoms with Gasteiger partial charge in [-0.05, 0) is 61.6 Å². The fourth-order valence-electron chi connectivity index (χ4n) is 5.81. The third-order valence-corrected chi connectivity index (χ3v) is 8.57. The van der Waals surface area contributed by atoms with E-state index in [1.165, 1.54) is 50.5 Å². The second kappa shape index (κ2) is 13.2. The summed E-state index contributed by atoms with van der Waals surface area (Å²) < 4.78 is 6.21. The number of nitrogens with one attached hydrogen (secondary N) is 1. The van der Waals surface area contributed by atoms with Gasteiger partial charge in [0, 0.05) is 28.9 Å². The molecule has 2 heterocycles. The second-order valence-corrected chi connectivity index (χ2v) is 12.0. The van der Waals surface area contributed by atoms with Gasteiger partial charge in [0.25, 0.3) is 0 Å². The Labute approximate surface area is 247 Å². The van der Waals surface area contributed by atoms with Crippen LogP contribution in [0.25, 0.3) is 23.1 Å². The summed E-state index contributed by atoms with van der Waals surface area (Å²) in [7, 11) is 0. The van der Waals surface area contributed by atoms with Crippen LogP contribution in [0.2, 0.25) is 10.0 Å². The Morgan fingerprint density at radius 1 is 0.950 bits per heavy atom. The van der Waals surface area contributed by atoms with Crippen LogP contribution in [0.5, 0.6) is 5.75 Å². The van der Waals surface area contributed by atoms with Gasteiger partial charge < -0.3 is 10.5 Å². The van der Waals surface area contributed by atoms with Gasteiger partial charge in [-0.2, -0.15) is 5.10 Å². The smallest absolute Gasteiger partial charge is 0.124 e. The Bertz CT molecular complexity index is 1430. The molecular formula is C33H38Cl2N4O. The van der Waals surface area contributed by atoms with Crippen molar-refractivity contribution in [1.82, 2.24) is 15.2 Å². The molecule has 3 N–H and O–H groups in total. The van der Waals surface area contributed by atoms with Crippen molar-refractivity contribution in [3.63, 3.8) is 0 Å². The highest BCUT2D eigenvalue weighted by atomic mass is 35.5. The van der Waals surface area contributed by atoms with Gasteiger partial charge in [0.2, 0.25) is 0 Å². The summed E-state index contributed by atoms with van der Waals surface area (Å²) in [5.74, 6) is 0.709. The number of benzene rings is 2. The lowest BCUT2D eigenvalue weighted by Crippen LogP contribution is -2.42. The molecule has 5 nitrogen and oxygen atoms in total. The van der Waals surface area contributed by atoms with Crippen molar-refractivity contribution < 1.29 is 4.74 Å². The van der Waals surface area contributed by atoms with Crippen LogP contribution in [0, 0.1) is 0 Å². The van der Waals surface area contributed by atoms with E-state index in [1.54, 1.807) is 12.4 Å². The average Bonchev–Trinajstić information content (AvgIpc) is 3.33. The number of aromatic nitrogens is 3. The Hall–Kier alpha value is -2.86. The third-order valence-electron chi connectivity index (χ3n) is 7.96. The van der Waals surface area contributed by atoms with E-state index in [2.05, 4.69) is 45.5 Å². The second-order valence-electron chi connectivity index (χ2n) is 11.2. The number of hydrogen-bond acceptors (Lipinski definition) is 4. The minimum Gasteiger partial charge on any atom is -0.486 e. The summed E-state index contributed by atoms with van der Waals surface area (Å²) in [5.41, 5.74) is 11.8. The largest absolute Gasteiger partial charge is 0.486 e. The molecule has 1 fully saturated rings. The fraction of sp³-hybridized carbons (Fsp3) is 0.394. The Kier molecular flexibility index (Phi) is 9.46. The number of nitrogens with two attached hydrogens (primary N) is 1. The first-order valence-electron chi connectivity index (χ1n) is 14.4. The summed E-state index contributed by atoms with van der Waals surface area (Å²) in [6.45, 7) is 1.92. The van der Waals surface area contributed by atoms with Gasteiger partial charge >= 0.3 is 0 Å². The normalized spacial score (nSPS) is 17.2. The van der Waals surface area contributed by atoms with Crippen molar-refractivity contribution in [1.29, 1.82) is 0 Å². The van der Waals surface area contributed by atoms with Gasteiger partial charge in [-0.1, -0.05) is 98.5 Å². The zero-order valence-corrected chi connectivity index (χ0v) is 24.6. The molecule has 0 saturated heterocycles. The topological polar surface area (TPSA) is 76.8 Å². The van der Waals surface area contributed by atoms with Crippen molar-refractivity contribution in [3.8, 4) is 5.75 Å². The zero-order chi connectivity index (χ0) is 28.0. The molecule has 4 aromatic rings. The molecule has 0 radical (unpaired) electrons. The van der Waals surface area contributed by atoms with Gasteiger partial charge in [0.15, 0.2) is 0 Å². The van der Waals surface area contributed by atoms with E-state index in [0.717, 1.165) is 47.0 Å². The molecule has 0 amide bonds. The van der Waals surface area contributed by atoms with Crippen molar-refractivity contribution in [2.45, 2.75) is 82.8 Å². The number of H-pyrrole nitrogens is 1. The van der Waals surface area contributed by atoms with Gasteiger partial charge in [-0.15, -0.1) is 0 Å². The number of halogens is 2. The molecule has 2 aromatic heterocycles. The van der Waals surface area contributed by atoms with E-state index >= 15 is 0 Å². The minimum absolute atomic E-state index is 0.115. The molecular weight excluding hydrogens is 539 g/mol. The first-order valence-corrected chi connectivity index (χ1v) is 15.2. The van der Waals surface area contributed by atoms with Crippen LogP contribution in [0.15, 0.2) is 54.9 Å². The van der Waals surface area contributed by atoms with E-state index in [4.69, 9.17) is 33.7 Å². The van der Waals surface area contributed by atoms with E-state index in [9.17, 15) is 0 Å². The molecule has 0 bridgehead atoms. The summed E-state index contributed by atoms with van der Waals surface area (Å²) in [6, 6.07) is 14.6. The highest BCUT2D eigenvalue weighted by Gasteiger charge is 2.25. The van der Waals surface area contributed by atoms with Crippen LogP contribution >= 0.6 is 23.2 Å². The molecule has 7 heteroatoms. The fourth-order valence-corrected chi connectivity index (χ4v) is 6.49. The van der Waals surface area contributed by atoms with Crippen LogP contribution in [-0.4, -0.2) is 20.7 Å². The van der Waals surface area contributed by atoms with Crippen LogP contribution in [0.4, 0.5) is 0 Å². The summed E-state index contributed by atoms with van der Waals surface area (Å²) >= 11 is 12.7. The van der Waals surface area contributed by atoms with Crippen molar-refractivity contribution in [2.75, 3.05) is 0 Å². The van der Waals surface area contributed by atoms with Gasteiger partial charge in [-0.3, -0.25) is 10.1 Å². The summed E-state index contributed by atoms with van der Waals surface area (Å²) in [5, 5.41) is 9.61. The third kappa shape index (κ3) is 7.25. The number of rotatable bonds is 7. The van der Waals surface area contributed by atoms with Crippen molar-refractivity contribution in [2.24, 2.45) is 5.73 Å². The highest BCUT2D eigenvalue weighted by Crippen LogP contribution is 2.34. The molecule has 2 aromatic carbocycles. The maximum Gasteiger partial charge on any atom is 0.124 e. The monoisotopic (exact) mass is 576 g/mol. The molecule has 1 saturated carbocycles. The van der Waals surface area contributed by atoms with E-state index in [0.29, 0.717) is 15.8 Å². The van der Waals surface area contributed by atoms with Gasteiger partial charge in [0.05, 0.1) is 21.3 Å². The average molecular weight is 578 g/mol. The number of nitrogens with zero attached hydrogens (tertiary/aromatic N) is 2. The lowest BCUT2D eigenvalue weighted by molar-refractivity contribution is 0.227. The molecule has 0 aliphatic heterocycles. The maximum atomic E-state index is 6.98. The maximum absolute atomic E-state index is 6.98. The molecule has 5 rings (SSSR count). The number of hydrogen-bond donors (Lipinski definition) is 2. The number of pyridine rings is 1. The SMILES string of the molecule is C[C@@H](Oc1ccc2[nH]nc(/C=C/c3cccc(CC4(N)CCCCCCCCC4)c3)c2c1)c1c(Cl)cncc1Cl. The molecule has 0 spiro atoms. The number of ether oxygens (including phenoxy) is 1. The Morgan fingerprint density at radius 3 is 2.38 bits per heavy atom. The zero-order valence-electron chi connectivity index (χ0n) is 23.1. The number of aromatic amines is 1. The van der Waals surface area contributed by atoms with Gasteiger partial charge in [-0.25, -0.2) is 0 Å². The predicted molar refractivity (Wildman–Crippen MR) is 167 cm³/mol. The summed E-state index contributed by atoms with van der Waals surface area (Å²) in [6.07, 6.45) is 19.2. The first-order chi connectivity index (χ1) is 19.4. The van der Waals surface area contributed by atoms with Crippen molar-refractivity contribution in [3.05, 3.63) is 87.3 Å². The van der Waals surface area contributed by atoms with E-state index in [-0.39, 0.29) is 11.6 Å². The molecule has 0 unspecified atom stereocenters. The standard InChI is InChI=1S/C33H38Cl2N4O/c1-23(32-28(34)21-37-22-29(32)35)40-26-13-15-31-27(19-26)30(38-39-31)14-12-24-10-9-11-25(18-24)20-33(36)16-7-5-3-2-4-6-8-17-33/h9-15,18-19,21-23H,2-8,16-17,20,36H2,1H3,(H,38,39)/b14-12+/t23-/m1/s1. The molecule has 1 aliphatic carbocycles. The van der Waals surface area contributed by atoms with E-state index in [1.807, 2.05) is 31.2 Å². The quantitative estimate of drug-likeness (QED) is 0.229. The molecule has 1 aliphatic rings. The van der Waals surface area contributed by atoms with Crippen LogP contribution in [-0.2, 0) is 6.42 Å². The van der Waals surface area contributed by atoms with Crippen molar-refractivity contribution >= 4 is 46.3 Å². The Morgan fingerprint density at radius 2 is 1.65 bits per heavy atom. The first kappa shape index (κ1) is 28.7. The van der Waals surface area contributed by atoms with Crippen LogP contribution in [0.3, 0.4) is 0 Å². The summed E-state index contributed by atoms with van der Waals surface area (Å²) in [4.78, 5) is 4.03. The lowest BCUT2D eigenvalue weighted by Gasteiger charge is -2.31. The van der Waals surface area contributed by atoms with Gasteiger partial charge in [0.1, 0.15) is 11.9 Å². The molecule has 40 heavy (non-hydrogen) atoms. The molecule has 1 atom stereocenters. The van der Waals surface area contributed by atoms with Crippen LogP contribution < -0.4 is 10.5 Å². The van der Waals surface area contributed by atoms with Crippen LogP contribution in [0.1, 0.15) is 93.2 Å². The van der Waals surface area contributed by atoms with E-state index < -0.39 is 0 Å².